The third-order valence-electron chi connectivity index (χ3n) is 5.53. The summed E-state index contributed by atoms with van der Waals surface area (Å²) in [4.78, 5) is 30.2. The number of ether oxygens (including phenoxy) is 1. The molecule has 0 unspecified atom stereocenters. The number of piperazine rings is 1. The van der Waals surface area contributed by atoms with Crippen LogP contribution in [0.15, 0.2) is 54.6 Å². The zero-order valence-corrected chi connectivity index (χ0v) is 15.5. The Morgan fingerprint density at radius 3 is 2.41 bits per heavy atom. The van der Waals surface area contributed by atoms with Gasteiger partial charge in [0.15, 0.2) is 0 Å². The highest BCUT2D eigenvalue weighted by Gasteiger charge is 2.46. The first kappa shape index (κ1) is 17.6. The standard InChI is InChI=1S/C22H24N2O3/c1-27-18-12-10-16(11-13-18)15-24-20(17-7-3-2-4-8-17)22(26)23-14-6-5-9-19(23)21(24)25/h2-4,7-8,10-13,19-20H,5-6,9,14-15H2,1H3/t19-,20+/m0/s1. The van der Waals surface area contributed by atoms with Crippen LogP contribution in [0.25, 0.3) is 0 Å². The molecule has 0 bridgehead atoms. The fourth-order valence-electron chi connectivity index (χ4n) is 4.12. The minimum absolute atomic E-state index is 0.0408. The van der Waals surface area contributed by atoms with E-state index in [0.717, 1.165) is 36.1 Å². The number of fused-ring (bicyclic) bond motifs is 1. The fourth-order valence-corrected chi connectivity index (χ4v) is 4.12. The van der Waals surface area contributed by atoms with Crippen molar-refractivity contribution in [2.75, 3.05) is 13.7 Å². The van der Waals surface area contributed by atoms with Crippen LogP contribution < -0.4 is 4.74 Å². The molecule has 0 aromatic heterocycles. The molecule has 2 amide bonds. The molecule has 5 heteroatoms. The molecule has 2 aliphatic rings. The number of nitrogens with zero attached hydrogens (tertiary/aromatic N) is 2. The first-order valence-electron chi connectivity index (χ1n) is 9.48. The van der Waals surface area contributed by atoms with Crippen LogP contribution in [-0.2, 0) is 16.1 Å². The Morgan fingerprint density at radius 1 is 0.963 bits per heavy atom. The van der Waals surface area contributed by atoms with Crippen molar-refractivity contribution in [2.24, 2.45) is 0 Å². The summed E-state index contributed by atoms with van der Waals surface area (Å²) in [6, 6.07) is 16.4. The van der Waals surface area contributed by atoms with Gasteiger partial charge in [-0.1, -0.05) is 42.5 Å². The Kier molecular flexibility index (Phi) is 4.84. The Balaban J connectivity index is 1.69. The SMILES string of the molecule is COc1ccc(CN2C(=O)[C@@H]3CCCCN3C(=O)[C@H]2c2ccccc2)cc1. The van der Waals surface area contributed by atoms with E-state index in [2.05, 4.69) is 0 Å². The number of hydrogen-bond donors (Lipinski definition) is 0. The van der Waals surface area contributed by atoms with Gasteiger partial charge in [0.05, 0.1) is 7.11 Å². The summed E-state index contributed by atoms with van der Waals surface area (Å²) < 4.78 is 5.22. The quantitative estimate of drug-likeness (QED) is 0.837. The molecule has 5 nitrogen and oxygen atoms in total. The molecule has 0 N–H and O–H groups in total. The summed E-state index contributed by atoms with van der Waals surface area (Å²) in [5.74, 6) is 0.871. The number of benzene rings is 2. The molecule has 0 spiro atoms. The number of methoxy groups -OCH3 is 1. The smallest absolute Gasteiger partial charge is 0.250 e. The summed E-state index contributed by atoms with van der Waals surface area (Å²) in [5.41, 5.74) is 1.86. The summed E-state index contributed by atoms with van der Waals surface area (Å²) in [5, 5.41) is 0. The summed E-state index contributed by atoms with van der Waals surface area (Å²) in [6.07, 6.45) is 2.72. The van der Waals surface area contributed by atoms with Crippen LogP contribution in [0.1, 0.15) is 36.4 Å². The zero-order chi connectivity index (χ0) is 18.8. The number of carbonyl (C=O) groups is 2. The van der Waals surface area contributed by atoms with E-state index in [1.54, 1.807) is 16.9 Å². The maximum absolute atomic E-state index is 13.3. The van der Waals surface area contributed by atoms with Crippen LogP contribution in [0.5, 0.6) is 5.75 Å². The van der Waals surface area contributed by atoms with Gasteiger partial charge in [-0.3, -0.25) is 9.59 Å². The molecule has 0 saturated carbocycles. The van der Waals surface area contributed by atoms with Crippen molar-refractivity contribution < 1.29 is 14.3 Å². The van der Waals surface area contributed by atoms with E-state index in [1.165, 1.54) is 0 Å². The molecule has 4 rings (SSSR count). The van der Waals surface area contributed by atoms with Crippen molar-refractivity contribution in [1.29, 1.82) is 0 Å². The van der Waals surface area contributed by atoms with Crippen LogP contribution in [0, 0.1) is 0 Å². The van der Waals surface area contributed by atoms with Gasteiger partial charge < -0.3 is 14.5 Å². The van der Waals surface area contributed by atoms with E-state index in [0.29, 0.717) is 13.1 Å². The molecule has 2 aromatic carbocycles. The number of amides is 2. The molecule has 2 aliphatic heterocycles. The lowest BCUT2D eigenvalue weighted by molar-refractivity contribution is -0.165. The monoisotopic (exact) mass is 364 g/mol. The van der Waals surface area contributed by atoms with Crippen molar-refractivity contribution >= 4 is 11.8 Å². The highest BCUT2D eigenvalue weighted by molar-refractivity contribution is 5.97. The molecule has 27 heavy (non-hydrogen) atoms. The lowest BCUT2D eigenvalue weighted by atomic mass is 9.92. The van der Waals surface area contributed by atoms with Crippen molar-refractivity contribution in [1.82, 2.24) is 9.80 Å². The minimum atomic E-state index is -0.560. The van der Waals surface area contributed by atoms with E-state index in [4.69, 9.17) is 4.74 Å². The first-order valence-corrected chi connectivity index (χ1v) is 9.48. The van der Waals surface area contributed by atoms with Gasteiger partial charge in [-0.25, -0.2) is 0 Å². The lowest BCUT2D eigenvalue weighted by Crippen LogP contribution is -2.62. The van der Waals surface area contributed by atoms with Gasteiger partial charge in [0, 0.05) is 13.1 Å². The highest BCUT2D eigenvalue weighted by Crippen LogP contribution is 2.35. The van der Waals surface area contributed by atoms with E-state index < -0.39 is 6.04 Å². The molecule has 140 valence electrons. The Hall–Kier alpha value is -2.82. The number of rotatable bonds is 4. The normalized spacial score (nSPS) is 22.6. The van der Waals surface area contributed by atoms with Crippen molar-refractivity contribution in [3.05, 3.63) is 65.7 Å². The lowest BCUT2D eigenvalue weighted by Gasteiger charge is -2.47. The topological polar surface area (TPSA) is 49.9 Å². The molecule has 2 saturated heterocycles. The summed E-state index contributed by atoms with van der Waals surface area (Å²) in [7, 11) is 1.63. The van der Waals surface area contributed by atoms with Gasteiger partial charge in [0.1, 0.15) is 17.8 Å². The van der Waals surface area contributed by atoms with Crippen LogP contribution >= 0.6 is 0 Å². The van der Waals surface area contributed by atoms with Crippen LogP contribution in [0.4, 0.5) is 0 Å². The van der Waals surface area contributed by atoms with Crippen molar-refractivity contribution in [3.8, 4) is 5.75 Å². The molecular weight excluding hydrogens is 340 g/mol. The number of hydrogen-bond acceptors (Lipinski definition) is 3. The average Bonchev–Trinajstić information content (AvgIpc) is 2.73. The van der Waals surface area contributed by atoms with E-state index in [1.807, 2.05) is 54.6 Å². The third kappa shape index (κ3) is 3.29. The fraction of sp³-hybridized carbons (Fsp3) is 0.364. The maximum atomic E-state index is 13.3. The molecule has 0 radical (unpaired) electrons. The predicted octanol–water partition coefficient (Wildman–Crippen LogP) is 3.16. The zero-order valence-electron chi connectivity index (χ0n) is 15.5. The first-order chi connectivity index (χ1) is 13.2. The summed E-state index contributed by atoms with van der Waals surface area (Å²) >= 11 is 0. The van der Waals surface area contributed by atoms with Gasteiger partial charge >= 0.3 is 0 Å². The number of carbonyl (C=O) groups excluding carboxylic acids is 2. The molecule has 2 atom stereocenters. The van der Waals surface area contributed by atoms with Gasteiger partial charge in [-0.2, -0.15) is 0 Å². The second-order valence-corrected chi connectivity index (χ2v) is 7.17. The second-order valence-electron chi connectivity index (χ2n) is 7.17. The van der Waals surface area contributed by atoms with Crippen molar-refractivity contribution in [3.63, 3.8) is 0 Å². The predicted molar refractivity (Wildman–Crippen MR) is 102 cm³/mol. The molecule has 2 heterocycles. The third-order valence-corrected chi connectivity index (χ3v) is 5.53. The van der Waals surface area contributed by atoms with Crippen LogP contribution in [-0.4, -0.2) is 41.3 Å². The Morgan fingerprint density at radius 2 is 1.70 bits per heavy atom. The average molecular weight is 364 g/mol. The van der Waals surface area contributed by atoms with Gasteiger partial charge in [0.2, 0.25) is 5.91 Å². The molecule has 0 aliphatic carbocycles. The van der Waals surface area contributed by atoms with Gasteiger partial charge in [-0.05, 0) is 42.5 Å². The largest absolute Gasteiger partial charge is 0.497 e. The Bertz CT molecular complexity index is 819. The molecule has 2 aromatic rings. The van der Waals surface area contributed by atoms with Gasteiger partial charge in [0.25, 0.3) is 5.91 Å². The van der Waals surface area contributed by atoms with Gasteiger partial charge in [-0.15, -0.1) is 0 Å². The van der Waals surface area contributed by atoms with E-state index in [-0.39, 0.29) is 17.9 Å². The van der Waals surface area contributed by atoms with E-state index in [9.17, 15) is 9.59 Å². The maximum Gasteiger partial charge on any atom is 0.250 e. The van der Waals surface area contributed by atoms with Crippen molar-refractivity contribution in [2.45, 2.75) is 37.9 Å². The van der Waals surface area contributed by atoms with E-state index >= 15 is 0 Å². The van der Waals surface area contributed by atoms with Crippen LogP contribution in [0.3, 0.4) is 0 Å². The molecule has 2 fully saturated rings. The molecular formula is C22H24N2O3. The van der Waals surface area contributed by atoms with Crippen LogP contribution in [0.2, 0.25) is 0 Å². The Labute approximate surface area is 159 Å². The highest BCUT2D eigenvalue weighted by atomic mass is 16.5. The second kappa shape index (κ2) is 7.43. The number of piperidine rings is 1. The summed E-state index contributed by atoms with van der Waals surface area (Å²) in [6.45, 7) is 1.09. The minimum Gasteiger partial charge on any atom is -0.497 e.